The molecule has 0 heterocycles. The molecule has 0 saturated heterocycles. The second-order valence-corrected chi connectivity index (χ2v) is 4.22. The molecule has 2 aromatic rings. The van der Waals surface area contributed by atoms with Crippen LogP contribution >= 0.6 is 11.6 Å². The summed E-state index contributed by atoms with van der Waals surface area (Å²) >= 11 is 5.72. The lowest BCUT2D eigenvalue weighted by atomic mass is 10.0. The zero-order chi connectivity index (χ0) is 14.0. The highest BCUT2D eigenvalue weighted by molar-refractivity contribution is 6.32. The number of carbonyl (C=O) groups excluding carboxylic acids is 1. The van der Waals surface area contributed by atoms with Gasteiger partial charge in [-0.2, -0.15) is 0 Å². The maximum atomic E-state index is 10.8. The number of nitrogens with zero attached hydrogens (tertiary/aromatic N) is 1. The minimum atomic E-state index is -0.577. The Bertz CT molecular complexity index is 670. The zero-order valence-corrected chi connectivity index (χ0v) is 10.3. The van der Waals surface area contributed by atoms with Crippen molar-refractivity contribution in [1.29, 1.82) is 0 Å². The van der Waals surface area contributed by atoms with Crippen LogP contribution in [0.3, 0.4) is 0 Å². The van der Waals surface area contributed by atoms with E-state index < -0.39 is 4.92 Å². The average Bonchev–Trinajstić information content (AvgIpc) is 2.39. The van der Waals surface area contributed by atoms with E-state index in [9.17, 15) is 20.0 Å². The summed E-state index contributed by atoms with van der Waals surface area (Å²) in [5.41, 5.74) is 1.04. The minimum absolute atomic E-state index is 0.0446. The SMILES string of the molecule is O=Cc1cc(-c2ccc(Cl)c([N+](=O)[O-])c2)ccc1O. The maximum absolute atomic E-state index is 10.8. The highest BCUT2D eigenvalue weighted by atomic mass is 35.5. The summed E-state index contributed by atoms with van der Waals surface area (Å²) in [6.45, 7) is 0. The molecule has 5 nitrogen and oxygen atoms in total. The molecule has 19 heavy (non-hydrogen) atoms. The second kappa shape index (κ2) is 5.07. The molecule has 2 rings (SSSR count). The van der Waals surface area contributed by atoms with Crippen molar-refractivity contribution in [2.75, 3.05) is 0 Å². The van der Waals surface area contributed by atoms with Crippen LogP contribution < -0.4 is 0 Å². The van der Waals surface area contributed by atoms with E-state index in [2.05, 4.69) is 0 Å². The first-order chi connectivity index (χ1) is 9.02. The molecule has 6 heteroatoms. The van der Waals surface area contributed by atoms with Crippen LogP contribution in [0, 0.1) is 10.1 Å². The Balaban J connectivity index is 2.56. The fraction of sp³-hybridized carbons (Fsp3) is 0. The molecule has 0 bridgehead atoms. The Morgan fingerprint density at radius 3 is 2.42 bits per heavy atom. The van der Waals surface area contributed by atoms with Gasteiger partial charge in [-0.3, -0.25) is 14.9 Å². The summed E-state index contributed by atoms with van der Waals surface area (Å²) in [6.07, 6.45) is 0.517. The number of benzene rings is 2. The normalized spacial score (nSPS) is 10.2. The van der Waals surface area contributed by atoms with Gasteiger partial charge in [0.2, 0.25) is 0 Å². The number of phenolic OH excluding ortho intramolecular Hbond substituents is 1. The lowest BCUT2D eigenvalue weighted by Crippen LogP contribution is -1.90. The molecule has 0 aliphatic heterocycles. The number of carbonyl (C=O) groups is 1. The molecule has 0 atom stereocenters. The van der Waals surface area contributed by atoms with Crippen molar-refractivity contribution in [2.24, 2.45) is 0 Å². The second-order valence-electron chi connectivity index (χ2n) is 3.81. The Morgan fingerprint density at radius 1 is 1.16 bits per heavy atom. The Hall–Kier alpha value is -2.40. The van der Waals surface area contributed by atoms with Crippen LogP contribution in [0.1, 0.15) is 10.4 Å². The molecule has 2 aromatic carbocycles. The van der Waals surface area contributed by atoms with Crippen molar-refractivity contribution in [3.8, 4) is 16.9 Å². The lowest BCUT2D eigenvalue weighted by Gasteiger charge is -2.05. The van der Waals surface area contributed by atoms with Crippen LogP contribution in [0.25, 0.3) is 11.1 Å². The van der Waals surface area contributed by atoms with Crippen molar-refractivity contribution in [2.45, 2.75) is 0 Å². The maximum Gasteiger partial charge on any atom is 0.288 e. The van der Waals surface area contributed by atoms with Crippen LogP contribution in [0.15, 0.2) is 36.4 Å². The number of nitro benzene ring substituents is 1. The van der Waals surface area contributed by atoms with E-state index >= 15 is 0 Å². The molecule has 0 amide bonds. The number of nitro groups is 1. The van der Waals surface area contributed by atoms with E-state index in [4.69, 9.17) is 11.6 Å². The molecule has 0 unspecified atom stereocenters. The van der Waals surface area contributed by atoms with E-state index in [1.165, 1.54) is 24.3 Å². The number of aromatic hydroxyl groups is 1. The van der Waals surface area contributed by atoms with Gasteiger partial charge >= 0.3 is 0 Å². The van der Waals surface area contributed by atoms with Crippen LogP contribution in [-0.4, -0.2) is 16.3 Å². The van der Waals surface area contributed by atoms with Crippen molar-refractivity contribution >= 4 is 23.6 Å². The van der Waals surface area contributed by atoms with E-state index in [1.807, 2.05) is 0 Å². The molecule has 0 radical (unpaired) electrons. The van der Waals surface area contributed by atoms with Crippen LogP contribution in [0.2, 0.25) is 5.02 Å². The van der Waals surface area contributed by atoms with E-state index in [1.54, 1.807) is 12.1 Å². The zero-order valence-electron chi connectivity index (χ0n) is 9.54. The molecule has 0 fully saturated rings. The number of rotatable bonds is 3. The molecule has 96 valence electrons. The van der Waals surface area contributed by atoms with E-state index in [-0.39, 0.29) is 22.0 Å². The highest BCUT2D eigenvalue weighted by Crippen LogP contribution is 2.31. The first kappa shape index (κ1) is 13.0. The molecule has 1 N–H and O–H groups in total. The third-order valence-electron chi connectivity index (χ3n) is 2.63. The van der Waals surface area contributed by atoms with E-state index in [0.717, 1.165) is 0 Å². The van der Waals surface area contributed by atoms with Crippen molar-refractivity contribution in [3.63, 3.8) is 0 Å². The molecule has 0 aliphatic rings. The highest BCUT2D eigenvalue weighted by Gasteiger charge is 2.14. The number of phenols is 1. The molecular formula is C13H8ClNO4. The van der Waals surface area contributed by atoms with Crippen molar-refractivity contribution in [1.82, 2.24) is 0 Å². The minimum Gasteiger partial charge on any atom is -0.507 e. The Labute approximate surface area is 113 Å². The average molecular weight is 278 g/mol. The van der Waals surface area contributed by atoms with Gasteiger partial charge in [-0.15, -0.1) is 0 Å². The summed E-state index contributed by atoms with van der Waals surface area (Å²) in [6, 6.07) is 8.73. The van der Waals surface area contributed by atoms with Gasteiger partial charge in [0.15, 0.2) is 6.29 Å². The molecule has 0 spiro atoms. The first-order valence-corrected chi connectivity index (χ1v) is 5.63. The third kappa shape index (κ3) is 2.56. The first-order valence-electron chi connectivity index (χ1n) is 5.25. The Morgan fingerprint density at radius 2 is 1.79 bits per heavy atom. The van der Waals surface area contributed by atoms with Gasteiger partial charge < -0.3 is 5.11 Å². The van der Waals surface area contributed by atoms with Gasteiger partial charge in [0, 0.05) is 6.07 Å². The summed E-state index contributed by atoms with van der Waals surface area (Å²) < 4.78 is 0. The van der Waals surface area contributed by atoms with Gasteiger partial charge in [0.1, 0.15) is 10.8 Å². The van der Waals surface area contributed by atoms with Gasteiger partial charge in [-0.05, 0) is 29.3 Å². The lowest BCUT2D eigenvalue weighted by molar-refractivity contribution is -0.384. The Kier molecular flexibility index (Phi) is 3.48. The van der Waals surface area contributed by atoms with Gasteiger partial charge in [-0.1, -0.05) is 23.7 Å². The summed E-state index contributed by atoms with van der Waals surface area (Å²) in [4.78, 5) is 21.0. The van der Waals surface area contributed by atoms with Gasteiger partial charge in [0.25, 0.3) is 5.69 Å². The predicted molar refractivity (Wildman–Crippen MR) is 70.6 cm³/mol. The van der Waals surface area contributed by atoms with Gasteiger partial charge in [0.05, 0.1) is 10.5 Å². The summed E-state index contributed by atoms with van der Waals surface area (Å²) in [5, 5.41) is 20.3. The molecule has 0 aliphatic carbocycles. The number of hydrogen-bond donors (Lipinski definition) is 1. The van der Waals surface area contributed by atoms with Crippen LogP contribution in [0.5, 0.6) is 5.75 Å². The largest absolute Gasteiger partial charge is 0.507 e. The monoisotopic (exact) mass is 277 g/mol. The molecular weight excluding hydrogens is 270 g/mol. The number of halogens is 1. The van der Waals surface area contributed by atoms with Crippen molar-refractivity contribution in [3.05, 3.63) is 57.1 Å². The topological polar surface area (TPSA) is 80.4 Å². The number of aldehydes is 1. The fourth-order valence-corrected chi connectivity index (χ4v) is 1.85. The van der Waals surface area contributed by atoms with Crippen LogP contribution in [-0.2, 0) is 0 Å². The van der Waals surface area contributed by atoms with E-state index in [0.29, 0.717) is 17.4 Å². The summed E-state index contributed by atoms with van der Waals surface area (Å²) in [5.74, 6) is -0.137. The fourth-order valence-electron chi connectivity index (χ4n) is 1.66. The van der Waals surface area contributed by atoms with Crippen LogP contribution in [0.4, 0.5) is 5.69 Å². The van der Waals surface area contributed by atoms with Crippen molar-refractivity contribution < 1.29 is 14.8 Å². The number of hydrogen-bond acceptors (Lipinski definition) is 4. The molecule has 0 aromatic heterocycles. The quantitative estimate of drug-likeness (QED) is 0.529. The predicted octanol–water partition coefficient (Wildman–Crippen LogP) is 3.43. The molecule has 0 saturated carbocycles. The smallest absolute Gasteiger partial charge is 0.288 e. The summed E-state index contributed by atoms with van der Waals surface area (Å²) in [7, 11) is 0. The standard InChI is InChI=1S/C13H8ClNO4/c14-11-3-1-9(6-12(11)15(18)19)8-2-4-13(17)10(5-8)7-16/h1-7,17H. The van der Waals surface area contributed by atoms with Gasteiger partial charge in [-0.25, -0.2) is 0 Å². The third-order valence-corrected chi connectivity index (χ3v) is 2.95.